The third kappa shape index (κ3) is 4.97. The Balaban J connectivity index is 3.44. The Kier molecular flexibility index (Phi) is 8.06. The lowest BCUT2D eigenvalue weighted by Crippen LogP contribution is -2.70. The summed E-state index contributed by atoms with van der Waals surface area (Å²) in [5.41, 5.74) is -2.19. The zero-order chi connectivity index (χ0) is 27.2. The van der Waals surface area contributed by atoms with Gasteiger partial charge in [0.15, 0.2) is 0 Å². The summed E-state index contributed by atoms with van der Waals surface area (Å²) in [4.78, 5) is 0. The van der Waals surface area contributed by atoms with E-state index < -0.39 is 47.8 Å². The lowest BCUT2D eigenvalue weighted by Gasteiger charge is -2.42. The van der Waals surface area contributed by atoms with E-state index in [4.69, 9.17) is 4.74 Å². The monoisotopic (exact) mass is 524 g/mol. The predicted molar refractivity (Wildman–Crippen MR) is 94.8 cm³/mol. The summed E-state index contributed by atoms with van der Waals surface area (Å²) in [5, 5.41) is 0. The van der Waals surface area contributed by atoms with Gasteiger partial charge in [-0.1, -0.05) is 38.1 Å². The molecule has 1 aromatic carbocycles. The molecule has 1 aromatic rings. The van der Waals surface area contributed by atoms with Crippen molar-refractivity contribution >= 4 is 0 Å². The second kappa shape index (κ2) is 9.05. The zero-order valence-electron chi connectivity index (χ0n) is 18.1. The molecule has 0 aliphatic heterocycles. The molecule has 1 rings (SSSR count). The van der Waals surface area contributed by atoms with Crippen LogP contribution in [0.1, 0.15) is 38.3 Å². The molecule has 0 radical (unpaired) electrons. The van der Waals surface area contributed by atoms with Crippen molar-refractivity contribution in [2.45, 2.75) is 75.0 Å². The van der Waals surface area contributed by atoms with Gasteiger partial charge >= 0.3 is 35.8 Å². The molecule has 34 heavy (non-hydrogen) atoms. The van der Waals surface area contributed by atoms with Gasteiger partial charge in [-0.15, -0.1) is 0 Å². The standard InChI is InChI=1S/C20H21F13O/c1-11(2)9-12-5-7-13(8-6-12)14(3,34-4)10-15(21,22)16(23,24)17(25,26)18(27,28)19(29,30)20(31,32)33/h5-8,11H,9-10H2,1-4H3. The van der Waals surface area contributed by atoms with Crippen LogP contribution in [0.3, 0.4) is 0 Å². The second-order valence-electron chi connectivity index (χ2n) is 8.41. The Labute approximate surface area is 186 Å². The summed E-state index contributed by atoms with van der Waals surface area (Å²) in [6.45, 7) is 4.39. The van der Waals surface area contributed by atoms with Gasteiger partial charge in [0.05, 0.1) is 12.0 Å². The van der Waals surface area contributed by atoms with E-state index in [1.807, 2.05) is 13.8 Å². The van der Waals surface area contributed by atoms with Gasteiger partial charge in [-0.25, -0.2) is 0 Å². The van der Waals surface area contributed by atoms with Crippen molar-refractivity contribution in [1.29, 1.82) is 0 Å². The summed E-state index contributed by atoms with van der Waals surface area (Å²) in [7, 11) is 0.695. The number of ether oxygens (including phenoxy) is 1. The van der Waals surface area contributed by atoms with Crippen LogP contribution in [0.4, 0.5) is 57.1 Å². The molecule has 0 fully saturated rings. The highest BCUT2D eigenvalue weighted by Crippen LogP contribution is 2.61. The highest BCUT2D eigenvalue weighted by molar-refractivity contribution is 5.28. The molecule has 0 amide bonds. The molecule has 0 aliphatic rings. The molecule has 1 nitrogen and oxygen atoms in total. The second-order valence-corrected chi connectivity index (χ2v) is 8.41. The Morgan fingerprint density at radius 2 is 1.09 bits per heavy atom. The molecule has 0 saturated heterocycles. The van der Waals surface area contributed by atoms with Crippen molar-refractivity contribution in [3.63, 3.8) is 0 Å². The molecular weight excluding hydrogens is 503 g/mol. The number of methoxy groups -OCH3 is 1. The van der Waals surface area contributed by atoms with Gasteiger partial charge in [-0.05, 0) is 30.4 Å². The van der Waals surface area contributed by atoms with Crippen LogP contribution < -0.4 is 0 Å². The first-order chi connectivity index (χ1) is 14.9. The van der Waals surface area contributed by atoms with E-state index in [9.17, 15) is 57.1 Å². The molecule has 198 valence electrons. The molecule has 0 saturated carbocycles. The summed E-state index contributed by atoms with van der Waals surface area (Å²) in [6.07, 6.45) is -9.40. The summed E-state index contributed by atoms with van der Waals surface area (Å²) in [6, 6.07) is 4.96. The van der Waals surface area contributed by atoms with Gasteiger partial charge in [0, 0.05) is 7.11 Å². The Morgan fingerprint density at radius 3 is 1.44 bits per heavy atom. The van der Waals surface area contributed by atoms with Crippen molar-refractivity contribution in [3.8, 4) is 0 Å². The van der Waals surface area contributed by atoms with Crippen molar-refractivity contribution in [3.05, 3.63) is 35.4 Å². The van der Waals surface area contributed by atoms with Gasteiger partial charge in [0.25, 0.3) is 0 Å². The number of benzene rings is 1. The molecule has 0 bridgehead atoms. The predicted octanol–water partition coefficient (Wildman–Crippen LogP) is 7.88. The Morgan fingerprint density at radius 1 is 0.676 bits per heavy atom. The highest BCUT2D eigenvalue weighted by atomic mass is 19.4. The van der Waals surface area contributed by atoms with Crippen molar-refractivity contribution < 1.29 is 61.8 Å². The molecule has 0 heterocycles. The van der Waals surface area contributed by atoms with E-state index >= 15 is 0 Å². The van der Waals surface area contributed by atoms with Crippen LogP contribution >= 0.6 is 0 Å². The maximum atomic E-state index is 14.4. The lowest BCUT2D eigenvalue weighted by atomic mass is 9.83. The number of halogens is 13. The van der Waals surface area contributed by atoms with Gasteiger partial charge in [-0.2, -0.15) is 57.1 Å². The minimum absolute atomic E-state index is 0.154. The molecule has 0 spiro atoms. The average molecular weight is 524 g/mol. The smallest absolute Gasteiger partial charge is 0.374 e. The molecular formula is C20H21F13O. The average Bonchev–Trinajstić information content (AvgIpc) is 2.66. The molecule has 14 heteroatoms. The van der Waals surface area contributed by atoms with Crippen LogP contribution in [0.5, 0.6) is 0 Å². The summed E-state index contributed by atoms with van der Waals surface area (Å²) >= 11 is 0. The first kappa shape index (κ1) is 30.3. The van der Waals surface area contributed by atoms with Crippen LogP contribution in [0, 0.1) is 5.92 Å². The lowest BCUT2D eigenvalue weighted by molar-refractivity contribution is -0.441. The van der Waals surface area contributed by atoms with E-state index in [-0.39, 0.29) is 11.5 Å². The number of hydrogen-bond acceptors (Lipinski definition) is 1. The van der Waals surface area contributed by atoms with Gasteiger partial charge in [0.2, 0.25) is 0 Å². The third-order valence-electron chi connectivity index (χ3n) is 5.22. The van der Waals surface area contributed by atoms with Crippen LogP contribution in [0.2, 0.25) is 0 Å². The van der Waals surface area contributed by atoms with E-state index in [2.05, 4.69) is 0 Å². The Bertz CT molecular complexity index is 828. The normalized spacial score (nSPS) is 16.6. The zero-order valence-corrected chi connectivity index (χ0v) is 18.1. The van der Waals surface area contributed by atoms with Crippen molar-refractivity contribution in [1.82, 2.24) is 0 Å². The van der Waals surface area contributed by atoms with E-state index in [0.29, 0.717) is 26.0 Å². The molecule has 0 aliphatic carbocycles. The first-order valence-corrected chi connectivity index (χ1v) is 9.51. The Hall–Kier alpha value is -1.73. The minimum atomic E-state index is -7.92. The van der Waals surface area contributed by atoms with Crippen LogP contribution in [-0.4, -0.2) is 42.9 Å². The van der Waals surface area contributed by atoms with Crippen molar-refractivity contribution in [2.75, 3.05) is 7.11 Å². The SMILES string of the molecule is COC(C)(CC(F)(F)C(F)(F)C(F)(F)C(F)(F)C(F)(F)C(F)(F)F)c1ccc(CC(C)C)cc1. The number of rotatable bonds is 10. The van der Waals surface area contributed by atoms with Crippen LogP contribution in [0.15, 0.2) is 24.3 Å². The number of hydrogen-bond donors (Lipinski definition) is 0. The maximum Gasteiger partial charge on any atom is 0.460 e. The quantitative estimate of drug-likeness (QED) is 0.283. The first-order valence-electron chi connectivity index (χ1n) is 9.51. The van der Waals surface area contributed by atoms with Crippen molar-refractivity contribution in [2.24, 2.45) is 5.92 Å². The largest absolute Gasteiger partial charge is 0.460 e. The van der Waals surface area contributed by atoms with Gasteiger partial charge in [0.1, 0.15) is 0 Å². The molecule has 1 unspecified atom stereocenters. The van der Waals surface area contributed by atoms with E-state index in [0.717, 1.165) is 12.1 Å². The van der Waals surface area contributed by atoms with Gasteiger partial charge in [-0.3, -0.25) is 0 Å². The third-order valence-corrected chi connectivity index (χ3v) is 5.22. The van der Waals surface area contributed by atoms with Crippen LogP contribution in [0.25, 0.3) is 0 Å². The minimum Gasteiger partial charge on any atom is -0.374 e. The van der Waals surface area contributed by atoms with Crippen LogP contribution in [-0.2, 0) is 16.8 Å². The fourth-order valence-electron chi connectivity index (χ4n) is 3.09. The fraction of sp³-hybridized carbons (Fsp3) is 0.700. The summed E-state index contributed by atoms with van der Waals surface area (Å²) in [5.74, 6) is -36.9. The number of alkyl halides is 13. The van der Waals surface area contributed by atoms with E-state index in [1.165, 1.54) is 12.1 Å². The molecule has 0 aromatic heterocycles. The maximum absolute atomic E-state index is 14.4. The molecule has 1 atom stereocenters. The van der Waals surface area contributed by atoms with Gasteiger partial charge < -0.3 is 4.74 Å². The topological polar surface area (TPSA) is 9.23 Å². The summed E-state index contributed by atoms with van der Waals surface area (Å²) < 4.78 is 178. The van der Waals surface area contributed by atoms with E-state index in [1.54, 1.807) is 0 Å². The highest BCUT2D eigenvalue weighted by Gasteiger charge is 2.90. The fourth-order valence-corrected chi connectivity index (χ4v) is 3.09. The molecule has 0 N–H and O–H groups in total.